The number of aromatic nitrogens is 1. The highest BCUT2D eigenvalue weighted by molar-refractivity contribution is 6.42. The average Bonchev–Trinajstić information content (AvgIpc) is 2.27. The van der Waals surface area contributed by atoms with Crippen LogP contribution in [0, 0.1) is 0 Å². The highest BCUT2D eigenvalue weighted by atomic mass is 35.5. The lowest BCUT2D eigenvalue weighted by Crippen LogP contribution is -1.92. The van der Waals surface area contributed by atoms with E-state index in [1.165, 1.54) is 0 Å². The molecule has 0 amide bonds. The molecule has 2 nitrogen and oxygen atoms in total. The predicted molar refractivity (Wildman–Crippen MR) is 75.6 cm³/mol. The molecule has 0 aliphatic heterocycles. The Hall–Kier alpha value is -0.510. The van der Waals surface area contributed by atoms with Crippen LogP contribution in [0.25, 0.3) is 11.1 Å². The molecule has 0 unspecified atom stereocenters. The third-order valence-electron chi connectivity index (χ3n) is 2.36. The first kappa shape index (κ1) is 13.9. The molecule has 0 saturated carbocycles. The number of halogens is 4. The molecule has 0 saturated heterocycles. The van der Waals surface area contributed by atoms with E-state index in [1.807, 2.05) is 0 Å². The van der Waals surface area contributed by atoms with Gasteiger partial charge in [0.25, 0.3) is 0 Å². The Labute approximate surface area is 124 Å². The second-order valence-corrected chi connectivity index (χ2v) is 5.21. The number of rotatable bonds is 2. The topological polar surface area (TPSA) is 33.1 Å². The van der Waals surface area contributed by atoms with Crippen molar-refractivity contribution >= 4 is 46.4 Å². The predicted octanol–water partition coefficient (Wildman–Crippen LogP) is 4.85. The largest absolute Gasteiger partial charge is 0.390 e. The number of hydrogen-bond donors (Lipinski definition) is 1. The first-order valence-electron chi connectivity index (χ1n) is 4.93. The summed E-state index contributed by atoms with van der Waals surface area (Å²) in [6.07, 6.45) is 1.55. The lowest BCUT2D eigenvalue weighted by molar-refractivity contribution is 0.277. The van der Waals surface area contributed by atoms with E-state index in [1.54, 1.807) is 24.4 Å². The molecule has 2 rings (SSSR count). The summed E-state index contributed by atoms with van der Waals surface area (Å²) in [5, 5.41) is 10.7. The van der Waals surface area contributed by atoms with Gasteiger partial charge in [0.05, 0.1) is 27.4 Å². The van der Waals surface area contributed by atoms with Crippen LogP contribution >= 0.6 is 46.4 Å². The minimum Gasteiger partial charge on any atom is -0.390 e. The molecule has 2 aromatic rings. The Kier molecular flexibility index (Phi) is 4.36. The van der Waals surface area contributed by atoms with Gasteiger partial charge in [0, 0.05) is 22.3 Å². The molecular formula is C12H7Cl4NO. The number of aliphatic hydroxyl groups excluding tert-OH is 1. The van der Waals surface area contributed by atoms with E-state index in [-0.39, 0.29) is 6.61 Å². The molecule has 0 atom stereocenters. The van der Waals surface area contributed by atoms with Crippen molar-refractivity contribution in [2.24, 2.45) is 0 Å². The summed E-state index contributed by atoms with van der Waals surface area (Å²) >= 11 is 24.0. The second-order valence-electron chi connectivity index (χ2n) is 3.56. The van der Waals surface area contributed by atoms with Crippen LogP contribution in [0.3, 0.4) is 0 Å². The lowest BCUT2D eigenvalue weighted by Gasteiger charge is -2.09. The van der Waals surface area contributed by atoms with Gasteiger partial charge in [0.2, 0.25) is 0 Å². The maximum absolute atomic E-state index is 9.01. The molecule has 0 spiro atoms. The van der Waals surface area contributed by atoms with Gasteiger partial charge >= 0.3 is 0 Å². The van der Waals surface area contributed by atoms with E-state index in [0.717, 1.165) is 0 Å². The molecule has 0 aliphatic rings. The molecule has 94 valence electrons. The Balaban J connectivity index is 2.59. The van der Waals surface area contributed by atoms with Crippen LogP contribution in [0.15, 0.2) is 24.4 Å². The van der Waals surface area contributed by atoms with Crippen molar-refractivity contribution in [3.8, 4) is 11.1 Å². The summed E-state index contributed by atoms with van der Waals surface area (Å²) in [5.74, 6) is 0. The van der Waals surface area contributed by atoms with Gasteiger partial charge in [-0.25, -0.2) is 0 Å². The third kappa shape index (κ3) is 2.73. The van der Waals surface area contributed by atoms with Gasteiger partial charge in [-0.05, 0) is 18.2 Å². The molecule has 0 radical (unpaired) electrons. The SMILES string of the molecule is OCc1ncc(-c2c(Cl)cc(Cl)cc2Cl)cc1Cl. The first-order chi connectivity index (χ1) is 8.52. The van der Waals surface area contributed by atoms with Crippen molar-refractivity contribution in [2.75, 3.05) is 0 Å². The fraction of sp³-hybridized carbons (Fsp3) is 0.0833. The van der Waals surface area contributed by atoms with Crippen LogP contribution in [0.1, 0.15) is 5.69 Å². The highest BCUT2D eigenvalue weighted by Crippen LogP contribution is 2.37. The Morgan fingerprint density at radius 2 is 1.56 bits per heavy atom. The maximum atomic E-state index is 9.01. The normalized spacial score (nSPS) is 10.7. The van der Waals surface area contributed by atoms with Crippen molar-refractivity contribution in [3.05, 3.63) is 50.2 Å². The highest BCUT2D eigenvalue weighted by Gasteiger charge is 2.12. The molecule has 1 N–H and O–H groups in total. The molecule has 1 aromatic heterocycles. The Morgan fingerprint density at radius 3 is 2.06 bits per heavy atom. The molecule has 1 aromatic carbocycles. The second kappa shape index (κ2) is 5.64. The molecule has 0 bridgehead atoms. The zero-order valence-corrected chi connectivity index (χ0v) is 11.9. The molecular weight excluding hydrogens is 316 g/mol. The third-order valence-corrected chi connectivity index (χ3v) is 3.50. The molecule has 18 heavy (non-hydrogen) atoms. The number of aliphatic hydroxyl groups is 1. The van der Waals surface area contributed by atoms with Gasteiger partial charge in [0.1, 0.15) is 0 Å². The van der Waals surface area contributed by atoms with E-state index in [9.17, 15) is 0 Å². The van der Waals surface area contributed by atoms with Crippen molar-refractivity contribution < 1.29 is 5.11 Å². The fourth-order valence-corrected chi connectivity index (χ4v) is 2.80. The van der Waals surface area contributed by atoms with Crippen LogP contribution in [-0.2, 0) is 6.61 Å². The number of benzene rings is 1. The summed E-state index contributed by atoms with van der Waals surface area (Å²) in [6, 6.07) is 4.84. The Bertz CT molecular complexity index is 578. The zero-order chi connectivity index (χ0) is 13.3. The van der Waals surface area contributed by atoms with Gasteiger partial charge in [-0.1, -0.05) is 46.4 Å². The van der Waals surface area contributed by atoms with Crippen molar-refractivity contribution in [3.63, 3.8) is 0 Å². The van der Waals surface area contributed by atoms with Crippen LogP contribution in [-0.4, -0.2) is 10.1 Å². The van der Waals surface area contributed by atoms with E-state index in [4.69, 9.17) is 51.5 Å². The summed E-state index contributed by atoms with van der Waals surface area (Å²) in [6.45, 7) is -0.221. The smallest absolute Gasteiger partial charge is 0.0868 e. The van der Waals surface area contributed by atoms with E-state index in [2.05, 4.69) is 4.98 Å². The minimum atomic E-state index is -0.221. The fourth-order valence-electron chi connectivity index (χ4n) is 1.54. The molecule has 6 heteroatoms. The first-order valence-corrected chi connectivity index (χ1v) is 6.44. The van der Waals surface area contributed by atoms with E-state index in [0.29, 0.717) is 36.9 Å². The van der Waals surface area contributed by atoms with Gasteiger partial charge in [-0.15, -0.1) is 0 Å². The van der Waals surface area contributed by atoms with Crippen LogP contribution in [0.2, 0.25) is 20.1 Å². The quantitative estimate of drug-likeness (QED) is 0.857. The summed E-state index contributed by atoms with van der Waals surface area (Å²) < 4.78 is 0. The van der Waals surface area contributed by atoms with Crippen LogP contribution < -0.4 is 0 Å². The van der Waals surface area contributed by atoms with Gasteiger partial charge in [0.15, 0.2) is 0 Å². The molecule has 0 aliphatic carbocycles. The van der Waals surface area contributed by atoms with Crippen molar-refractivity contribution in [1.29, 1.82) is 0 Å². The van der Waals surface area contributed by atoms with Crippen LogP contribution in [0.5, 0.6) is 0 Å². The summed E-state index contributed by atoms with van der Waals surface area (Å²) in [7, 11) is 0. The Morgan fingerprint density at radius 1 is 0.944 bits per heavy atom. The lowest BCUT2D eigenvalue weighted by atomic mass is 10.1. The zero-order valence-electron chi connectivity index (χ0n) is 8.92. The van der Waals surface area contributed by atoms with Crippen molar-refractivity contribution in [2.45, 2.75) is 6.61 Å². The van der Waals surface area contributed by atoms with Crippen molar-refractivity contribution in [1.82, 2.24) is 4.98 Å². The number of nitrogens with zero attached hydrogens (tertiary/aromatic N) is 1. The monoisotopic (exact) mass is 321 g/mol. The van der Waals surface area contributed by atoms with Gasteiger partial charge < -0.3 is 5.11 Å². The van der Waals surface area contributed by atoms with Gasteiger partial charge in [-0.3, -0.25) is 4.98 Å². The summed E-state index contributed by atoms with van der Waals surface area (Å²) in [5.41, 5.74) is 1.69. The average molecular weight is 323 g/mol. The minimum absolute atomic E-state index is 0.221. The van der Waals surface area contributed by atoms with E-state index >= 15 is 0 Å². The number of hydrogen-bond acceptors (Lipinski definition) is 2. The summed E-state index contributed by atoms with van der Waals surface area (Å²) in [4.78, 5) is 4.05. The maximum Gasteiger partial charge on any atom is 0.0868 e. The standard InChI is InChI=1S/C12H7Cl4NO/c13-7-2-9(15)12(10(16)3-7)6-1-8(14)11(5-18)17-4-6/h1-4,18H,5H2. The van der Waals surface area contributed by atoms with E-state index < -0.39 is 0 Å². The molecule has 1 heterocycles. The number of pyridine rings is 1. The molecule has 0 fully saturated rings. The van der Waals surface area contributed by atoms with Crippen LogP contribution in [0.4, 0.5) is 0 Å². The van der Waals surface area contributed by atoms with Gasteiger partial charge in [-0.2, -0.15) is 0 Å².